The smallest absolute Gasteiger partial charge is 0.243 e. The molecule has 5 nitrogen and oxygen atoms in total. The van der Waals surface area contributed by atoms with Crippen molar-refractivity contribution < 1.29 is 13.2 Å². The van der Waals surface area contributed by atoms with E-state index in [4.69, 9.17) is 0 Å². The van der Waals surface area contributed by atoms with Crippen LogP contribution in [-0.4, -0.2) is 37.5 Å². The monoisotopic (exact) mass is 420 g/mol. The van der Waals surface area contributed by atoms with Gasteiger partial charge in [0.15, 0.2) is 0 Å². The van der Waals surface area contributed by atoms with Gasteiger partial charge in [-0.15, -0.1) is 11.8 Å². The zero-order chi connectivity index (χ0) is 20.7. The van der Waals surface area contributed by atoms with E-state index < -0.39 is 10.0 Å². The molecule has 1 N–H and O–H groups in total. The van der Waals surface area contributed by atoms with E-state index in [1.807, 2.05) is 51.1 Å². The highest BCUT2D eigenvalue weighted by Gasteiger charge is 2.22. The Morgan fingerprint density at radius 3 is 2.21 bits per heavy atom. The fourth-order valence-electron chi connectivity index (χ4n) is 2.40. The Kier molecular flexibility index (Phi) is 8.10. The van der Waals surface area contributed by atoms with E-state index in [0.717, 1.165) is 10.5 Å². The highest BCUT2D eigenvalue weighted by Crippen LogP contribution is 2.20. The average molecular weight is 421 g/mol. The van der Waals surface area contributed by atoms with Gasteiger partial charge in [-0.1, -0.05) is 37.3 Å². The maximum Gasteiger partial charge on any atom is 0.243 e. The van der Waals surface area contributed by atoms with E-state index in [1.54, 1.807) is 43.1 Å². The Balaban J connectivity index is 1.87. The van der Waals surface area contributed by atoms with Crippen LogP contribution in [0.15, 0.2) is 64.4 Å². The lowest BCUT2D eigenvalue weighted by molar-refractivity contribution is -0.124. The molecule has 0 aliphatic rings. The summed E-state index contributed by atoms with van der Waals surface area (Å²) in [5.41, 5.74) is 0.863. The quantitative estimate of drug-likeness (QED) is 0.627. The predicted molar refractivity (Wildman–Crippen MR) is 115 cm³/mol. The zero-order valence-corrected chi connectivity index (χ0v) is 18.4. The van der Waals surface area contributed by atoms with Crippen molar-refractivity contribution in [1.29, 1.82) is 0 Å². The molecule has 2 aromatic rings. The van der Waals surface area contributed by atoms with Crippen molar-refractivity contribution in [1.82, 2.24) is 9.62 Å². The number of nitrogens with zero attached hydrogens (tertiary/aromatic N) is 1. The summed E-state index contributed by atoms with van der Waals surface area (Å²) in [6, 6.07) is 16.5. The van der Waals surface area contributed by atoms with E-state index in [1.165, 1.54) is 4.31 Å². The third kappa shape index (κ3) is 6.09. The molecule has 0 aromatic heterocycles. The Hall–Kier alpha value is -1.83. The molecule has 0 radical (unpaired) electrons. The lowest BCUT2D eigenvalue weighted by atomic mass is 10.2. The maximum atomic E-state index is 12.5. The summed E-state index contributed by atoms with van der Waals surface area (Å²) in [7, 11) is -1.92. The Morgan fingerprint density at radius 2 is 1.64 bits per heavy atom. The molecule has 1 amide bonds. The summed E-state index contributed by atoms with van der Waals surface area (Å²) in [6.07, 6.45) is 0. The normalized spacial score (nSPS) is 12.9. The van der Waals surface area contributed by atoms with Crippen molar-refractivity contribution in [2.24, 2.45) is 5.92 Å². The number of benzene rings is 2. The summed E-state index contributed by atoms with van der Waals surface area (Å²) in [5.74, 6) is 0.568. The molecule has 28 heavy (non-hydrogen) atoms. The lowest BCUT2D eigenvalue weighted by Crippen LogP contribution is -2.33. The molecule has 0 aliphatic heterocycles. The van der Waals surface area contributed by atoms with E-state index in [2.05, 4.69) is 5.32 Å². The summed E-state index contributed by atoms with van der Waals surface area (Å²) in [4.78, 5) is 13.7. The molecule has 0 fully saturated rings. The van der Waals surface area contributed by atoms with Crippen LogP contribution in [0.3, 0.4) is 0 Å². The second-order valence-corrected chi connectivity index (χ2v) is 10.1. The first-order valence-corrected chi connectivity index (χ1v) is 11.7. The molecular formula is C21H28N2O3S2. The van der Waals surface area contributed by atoms with Gasteiger partial charge in [0.05, 0.1) is 4.90 Å². The van der Waals surface area contributed by atoms with Crippen molar-refractivity contribution in [3.63, 3.8) is 0 Å². The first kappa shape index (κ1) is 22.5. The minimum atomic E-state index is -3.49. The lowest BCUT2D eigenvalue weighted by Gasteiger charge is -2.21. The molecule has 0 aliphatic carbocycles. The van der Waals surface area contributed by atoms with Crippen LogP contribution in [0.25, 0.3) is 0 Å². The second kappa shape index (κ2) is 10.1. The number of rotatable bonds is 9. The van der Waals surface area contributed by atoms with Crippen LogP contribution in [0, 0.1) is 5.92 Å². The van der Waals surface area contributed by atoms with Crippen LogP contribution in [0.4, 0.5) is 0 Å². The topological polar surface area (TPSA) is 66.5 Å². The van der Waals surface area contributed by atoms with Crippen LogP contribution in [0.2, 0.25) is 0 Å². The molecule has 0 spiro atoms. The SMILES string of the molecule is CC(CSc1ccccc1)C(=O)NCc1ccc(S(=O)(=O)N(C)C(C)C)cc1. The van der Waals surface area contributed by atoms with Gasteiger partial charge in [0.1, 0.15) is 0 Å². The highest BCUT2D eigenvalue weighted by atomic mass is 32.2. The van der Waals surface area contributed by atoms with Crippen LogP contribution in [0.5, 0.6) is 0 Å². The fraction of sp³-hybridized carbons (Fsp3) is 0.381. The molecule has 0 saturated carbocycles. The molecule has 2 aromatic carbocycles. The van der Waals surface area contributed by atoms with Gasteiger partial charge in [0.25, 0.3) is 0 Å². The summed E-state index contributed by atoms with van der Waals surface area (Å²) >= 11 is 1.66. The van der Waals surface area contributed by atoms with E-state index in [-0.39, 0.29) is 22.8 Å². The van der Waals surface area contributed by atoms with Gasteiger partial charge in [0, 0.05) is 36.2 Å². The third-order valence-corrected chi connectivity index (χ3v) is 7.81. The van der Waals surface area contributed by atoms with Crippen molar-refractivity contribution in [3.05, 3.63) is 60.2 Å². The molecular weight excluding hydrogens is 392 g/mol. The number of thioether (sulfide) groups is 1. The minimum absolute atomic E-state index is 0.0142. The van der Waals surface area contributed by atoms with Crippen LogP contribution >= 0.6 is 11.8 Å². The van der Waals surface area contributed by atoms with Gasteiger partial charge in [0.2, 0.25) is 15.9 Å². The standard InChI is InChI=1S/C21H28N2O3S2/c1-16(2)23(4)28(25,26)20-12-10-18(11-13-20)14-22-21(24)17(3)15-27-19-8-6-5-7-9-19/h5-13,16-17H,14-15H2,1-4H3,(H,22,24). The van der Waals surface area contributed by atoms with Crippen molar-refractivity contribution in [2.45, 2.75) is 43.1 Å². The van der Waals surface area contributed by atoms with Gasteiger partial charge in [-0.25, -0.2) is 8.42 Å². The van der Waals surface area contributed by atoms with Crippen LogP contribution in [0.1, 0.15) is 26.3 Å². The van der Waals surface area contributed by atoms with Crippen LogP contribution < -0.4 is 5.32 Å². The van der Waals surface area contributed by atoms with E-state index in [0.29, 0.717) is 12.3 Å². The first-order chi connectivity index (χ1) is 13.2. The molecule has 7 heteroatoms. The number of amides is 1. The number of hydrogen-bond acceptors (Lipinski definition) is 4. The van der Waals surface area contributed by atoms with Crippen molar-refractivity contribution in [2.75, 3.05) is 12.8 Å². The fourth-order valence-corrected chi connectivity index (χ4v) is 4.71. The number of carbonyl (C=O) groups excluding carboxylic acids is 1. The number of carbonyl (C=O) groups is 1. The summed E-state index contributed by atoms with van der Waals surface area (Å²) in [6.45, 7) is 5.94. The maximum absolute atomic E-state index is 12.5. The van der Waals surface area contributed by atoms with E-state index in [9.17, 15) is 13.2 Å². The van der Waals surface area contributed by atoms with Gasteiger partial charge in [-0.3, -0.25) is 4.79 Å². The number of hydrogen-bond donors (Lipinski definition) is 1. The molecule has 152 valence electrons. The minimum Gasteiger partial charge on any atom is -0.352 e. The first-order valence-electron chi connectivity index (χ1n) is 9.24. The number of sulfonamides is 1. The van der Waals surface area contributed by atoms with Crippen molar-refractivity contribution >= 4 is 27.7 Å². The summed E-state index contributed by atoms with van der Waals surface area (Å²) < 4.78 is 26.3. The highest BCUT2D eigenvalue weighted by molar-refractivity contribution is 7.99. The summed E-state index contributed by atoms with van der Waals surface area (Å²) in [5, 5.41) is 2.92. The zero-order valence-electron chi connectivity index (χ0n) is 16.8. The van der Waals surface area contributed by atoms with Gasteiger partial charge < -0.3 is 5.32 Å². The molecule has 0 saturated heterocycles. The second-order valence-electron chi connectivity index (χ2n) is 7.00. The van der Waals surface area contributed by atoms with Gasteiger partial charge >= 0.3 is 0 Å². The van der Waals surface area contributed by atoms with Crippen molar-refractivity contribution in [3.8, 4) is 0 Å². The Labute approximate surface area is 172 Å². The largest absolute Gasteiger partial charge is 0.352 e. The molecule has 1 unspecified atom stereocenters. The van der Waals surface area contributed by atoms with E-state index >= 15 is 0 Å². The Morgan fingerprint density at radius 1 is 1.04 bits per heavy atom. The number of nitrogens with one attached hydrogen (secondary N) is 1. The van der Waals surface area contributed by atoms with Crippen LogP contribution in [-0.2, 0) is 21.4 Å². The van der Waals surface area contributed by atoms with Gasteiger partial charge in [-0.2, -0.15) is 4.31 Å². The predicted octanol–water partition coefficient (Wildman–Crippen LogP) is 3.76. The molecule has 2 rings (SSSR count). The average Bonchev–Trinajstić information content (AvgIpc) is 2.70. The third-order valence-electron chi connectivity index (χ3n) is 4.49. The molecule has 0 heterocycles. The molecule has 1 atom stereocenters. The molecule has 0 bridgehead atoms. The van der Waals surface area contributed by atoms with Gasteiger partial charge in [-0.05, 0) is 43.7 Å². The Bertz CT molecular complexity index is 866.